The van der Waals surface area contributed by atoms with E-state index >= 15 is 0 Å². The molecular weight excluding hydrogens is 402 g/mol. The molecule has 1 unspecified atom stereocenters. The van der Waals surface area contributed by atoms with Crippen molar-refractivity contribution in [3.8, 4) is 11.5 Å². The number of carbonyl (C=O) groups is 1. The average Bonchev–Trinajstić information content (AvgIpc) is 2.81. The van der Waals surface area contributed by atoms with Gasteiger partial charge in [-0.05, 0) is 50.2 Å². The maximum atomic E-state index is 12.8. The Hall–Kier alpha value is -2.83. The number of hydrogen-bond donors (Lipinski definition) is 1. The van der Waals surface area contributed by atoms with Gasteiger partial charge in [-0.25, -0.2) is 0 Å². The second-order valence-corrected chi connectivity index (χ2v) is 7.98. The molecule has 0 aromatic heterocycles. The molecule has 0 spiro atoms. The van der Waals surface area contributed by atoms with Crippen LogP contribution in [0, 0.1) is 0 Å². The van der Waals surface area contributed by atoms with Gasteiger partial charge >= 0.3 is 0 Å². The Morgan fingerprint density at radius 1 is 1.00 bits per heavy atom. The minimum absolute atomic E-state index is 0.0592. The smallest absolute Gasteiger partial charge is 0.244 e. The zero-order chi connectivity index (χ0) is 22.8. The molecule has 1 aliphatic heterocycles. The molecule has 3 rings (SSSR count). The van der Waals surface area contributed by atoms with E-state index in [9.17, 15) is 4.79 Å². The summed E-state index contributed by atoms with van der Waals surface area (Å²) in [6, 6.07) is 15.8. The van der Waals surface area contributed by atoms with Gasteiger partial charge in [0.1, 0.15) is 0 Å². The van der Waals surface area contributed by atoms with Crippen LogP contribution in [-0.2, 0) is 4.79 Å². The van der Waals surface area contributed by atoms with Gasteiger partial charge in [0.25, 0.3) is 0 Å². The van der Waals surface area contributed by atoms with Crippen LogP contribution in [0.4, 0.5) is 0 Å². The van der Waals surface area contributed by atoms with Crippen LogP contribution in [0.2, 0.25) is 0 Å². The van der Waals surface area contributed by atoms with Crippen LogP contribution < -0.4 is 14.8 Å². The highest BCUT2D eigenvalue weighted by molar-refractivity contribution is 5.92. The molecule has 1 saturated heterocycles. The Balaban J connectivity index is 1.68. The predicted octanol–water partition coefficient (Wildman–Crippen LogP) is 3.60. The number of amides is 1. The van der Waals surface area contributed by atoms with Crippen molar-refractivity contribution >= 4 is 12.0 Å². The number of likely N-dealkylation sites (N-methyl/N-ethyl adjacent to an activating group) is 1. The lowest BCUT2D eigenvalue weighted by molar-refractivity contribution is -0.117. The van der Waals surface area contributed by atoms with Crippen molar-refractivity contribution in [2.24, 2.45) is 0 Å². The quantitative estimate of drug-likeness (QED) is 0.576. The van der Waals surface area contributed by atoms with Gasteiger partial charge in [-0.15, -0.1) is 0 Å². The Bertz CT molecular complexity index is 877. The first kappa shape index (κ1) is 23.8. The maximum absolute atomic E-state index is 12.8. The molecule has 0 radical (unpaired) electrons. The summed E-state index contributed by atoms with van der Waals surface area (Å²) in [6.07, 6.45) is 3.40. The van der Waals surface area contributed by atoms with E-state index in [4.69, 9.17) is 9.47 Å². The second-order valence-electron chi connectivity index (χ2n) is 7.98. The molecular formula is C26H35N3O3. The molecule has 6 nitrogen and oxygen atoms in total. The Morgan fingerprint density at radius 2 is 1.69 bits per heavy atom. The third kappa shape index (κ3) is 7.11. The van der Waals surface area contributed by atoms with Crippen LogP contribution in [0.25, 0.3) is 6.08 Å². The third-order valence-electron chi connectivity index (χ3n) is 5.55. The van der Waals surface area contributed by atoms with E-state index in [-0.39, 0.29) is 11.9 Å². The fourth-order valence-electron chi connectivity index (χ4n) is 3.77. The summed E-state index contributed by atoms with van der Waals surface area (Å²) in [7, 11) is 2.15. The molecule has 32 heavy (non-hydrogen) atoms. The molecule has 1 fully saturated rings. The maximum Gasteiger partial charge on any atom is 0.244 e. The van der Waals surface area contributed by atoms with E-state index in [1.807, 2.05) is 56.3 Å². The van der Waals surface area contributed by atoms with E-state index in [0.29, 0.717) is 24.7 Å². The van der Waals surface area contributed by atoms with Crippen LogP contribution >= 0.6 is 0 Å². The Kier molecular flexibility index (Phi) is 9.13. The highest BCUT2D eigenvalue weighted by Gasteiger charge is 2.20. The van der Waals surface area contributed by atoms with Crippen molar-refractivity contribution < 1.29 is 14.3 Å². The lowest BCUT2D eigenvalue weighted by Crippen LogP contribution is -2.47. The normalized spacial score (nSPS) is 16.1. The van der Waals surface area contributed by atoms with E-state index in [1.54, 1.807) is 6.08 Å². The molecule has 2 aromatic rings. The Morgan fingerprint density at radius 3 is 2.38 bits per heavy atom. The number of ether oxygens (including phenoxy) is 2. The Labute approximate surface area is 191 Å². The predicted molar refractivity (Wildman–Crippen MR) is 129 cm³/mol. The number of piperazine rings is 1. The van der Waals surface area contributed by atoms with Crippen LogP contribution in [0.3, 0.4) is 0 Å². The van der Waals surface area contributed by atoms with E-state index in [2.05, 4.69) is 34.3 Å². The van der Waals surface area contributed by atoms with E-state index < -0.39 is 0 Å². The number of rotatable bonds is 10. The first-order chi connectivity index (χ1) is 15.6. The fraction of sp³-hybridized carbons (Fsp3) is 0.423. The van der Waals surface area contributed by atoms with Gasteiger partial charge in [0.2, 0.25) is 5.91 Å². The number of benzene rings is 2. The van der Waals surface area contributed by atoms with Crippen LogP contribution in [0.15, 0.2) is 54.6 Å². The molecule has 2 aromatic carbocycles. The first-order valence-electron chi connectivity index (χ1n) is 11.4. The van der Waals surface area contributed by atoms with Crippen molar-refractivity contribution in [2.45, 2.75) is 19.9 Å². The largest absolute Gasteiger partial charge is 0.490 e. The van der Waals surface area contributed by atoms with Crippen molar-refractivity contribution in [3.63, 3.8) is 0 Å². The molecule has 1 N–H and O–H groups in total. The summed E-state index contributed by atoms with van der Waals surface area (Å²) < 4.78 is 11.3. The van der Waals surface area contributed by atoms with E-state index in [0.717, 1.165) is 43.9 Å². The fourth-order valence-corrected chi connectivity index (χ4v) is 3.77. The standard InChI is InChI=1S/C26H35N3O3/c1-4-31-24-13-11-21(19-25(24)32-5-2)12-14-26(30)27-23(22-9-7-6-8-10-22)20-29-17-15-28(3)16-18-29/h6-14,19,23H,4-5,15-18,20H2,1-3H3,(H,27,30)/b14-12+. The van der Waals surface area contributed by atoms with Gasteiger partial charge in [0.15, 0.2) is 11.5 Å². The van der Waals surface area contributed by atoms with Crippen LogP contribution in [0.5, 0.6) is 11.5 Å². The number of nitrogens with zero attached hydrogens (tertiary/aromatic N) is 2. The molecule has 1 amide bonds. The van der Waals surface area contributed by atoms with Crippen molar-refractivity contribution in [1.29, 1.82) is 0 Å². The molecule has 1 aliphatic rings. The summed E-state index contributed by atoms with van der Waals surface area (Å²) in [6.45, 7) is 9.94. The highest BCUT2D eigenvalue weighted by Crippen LogP contribution is 2.29. The molecule has 0 aliphatic carbocycles. The lowest BCUT2D eigenvalue weighted by atomic mass is 10.1. The number of carbonyl (C=O) groups excluding carboxylic acids is 1. The van der Waals surface area contributed by atoms with Crippen LogP contribution in [-0.4, -0.2) is 68.7 Å². The molecule has 6 heteroatoms. The van der Waals surface area contributed by atoms with E-state index in [1.165, 1.54) is 0 Å². The summed E-state index contributed by atoms with van der Waals surface area (Å²) in [5.74, 6) is 1.29. The minimum atomic E-state index is -0.111. The van der Waals surface area contributed by atoms with Gasteiger partial charge in [-0.2, -0.15) is 0 Å². The monoisotopic (exact) mass is 437 g/mol. The zero-order valence-corrected chi connectivity index (χ0v) is 19.4. The molecule has 0 bridgehead atoms. The zero-order valence-electron chi connectivity index (χ0n) is 19.4. The minimum Gasteiger partial charge on any atom is -0.490 e. The second kappa shape index (κ2) is 12.3. The van der Waals surface area contributed by atoms with Crippen molar-refractivity contribution in [3.05, 3.63) is 65.7 Å². The average molecular weight is 438 g/mol. The molecule has 172 valence electrons. The van der Waals surface area contributed by atoms with Gasteiger partial charge in [-0.1, -0.05) is 36.4 Å². The summed E-state index contributed by atoms with van der Waals surface area (Å²) in [5.41, 5.74) is 2.01. The molecule has 1 atom stereocenters. The third-order valence-corrected chi connectivity index (χ3v) is 5.55. The molecule has 0 saturated carbocycles. The topological polar surface area (TPSA) is 54.0 Å². The first-order valence-corrected chi connectivity index (χ1v) is 11.4. The lowest BCUT2D eigenvalue weighted by Gasteiger charge is -2.34. The van der Waals surface area contributed by atoms with Gasteiger partial charge < -0.3 is 19.7 Å². The number of nitrogens with one attached hydrogen (secondary N) is 1. The van der Waals surface area contributed by atoms with Gasteiger partial charge in [0, 0.05) is 38.8 Å². The summed E-state index contributed by atoms with van der Waals surface area (Å²) in [5, 5.41) is 3.20. The number of hydrogen-bond acceptors (Lipinski definition) is 5. The SMILES string of the molecule is CCOc1ccc(/C=C/C(=O)NC(CN2CCN(C)CC2)c2ccccc2)cc1OCC. The van der Waals surface area contributed by atoms with Crippen LogP contribution in [0.1, 0.15) is 31.0 Å². The van der Waals surface area contributed by atoms with Gasteiger partial charge in [-0.3, -0.25) is 9.69 Å². The summed E-state index contributed by atoms with van der Waals surface area (Å²) >= 11 is 0. The summed E-state index contributed by atoms with van der Waals surface area (Å²) in [4.78, 5) is 17.5. The van der Waals surface area contributed by atoms with Crippen molar-refractivity contribution in [2.75, 3.05) is 53.0 Å². The van der Waals surface area contributed by atoms with Gasteiger partial charge in [0.05, 0.1) is 19.3 Å². The highest BCUT2D eigenvalue weighted by atomic mass is 16.5. The van der Waals surface area contributed by atoms with Crippen molar-refractivity contribution in [1.82, 2.24) is 15.1 Å². The molecule has 1 heterocycles.